The molecule has 0 fully saturated rings. The highest BCUT2D eigenvalue weighted by molar-refractivity contribution is 5.83. The van der Waals surface area contributed by atoms with E-state index in [9.17, 15) is 0 Å². The van der Waals surface area contributed by atoms with Gasteiger partial charge in [-0.1, -0.05) is 0 Å². The number of nitrogens with two attached hydrogens (primary N) is 1. The average Bonchev–Trinajstić information content (AvgIpc) is 2.97. The number of hydrogen-bond donors (Lipinski definition) is 3. The van der Waals surface area contributed by atoms with E-state index in [1.165, 1.54) is 0 Å². The van der Waals surface area contributed by atoms with Crippen molar-refractivity contribution < 1.29 is 4.42 Å². The standard InChI is InChI=1S/C11H13N7O/c1-5-3-13-10(19-5)6(2)16-9-7-8(15-4-14-7)17-11(12)18-9/h3-4,6H,1-2H3,(H4,12,14,15,16,17,18). The first-order valence-electron chi connectivity index (χ1n) is 5.79. The summed E-state index contributed by atoms with van der Waals surface area (Å²) in [6, 6.07) is -0.144. The van der Waals surface area contributed by atoms with E-state index in [1.807, 2.05) is 13.8 Å². The Kier molecular flexibility index (Phi) is 2.55. The van der Waals surface area contributed by atoms with E-state index in [1.54, 1.807) is 12.5 Å². The maximum absolute atomic E-state index is 5.65. The van der Waals surface area contributed by atoms with Gasteiger partial charge < -0.3 is 20.5 Å². The van der Waals surface area contributed by atoms with Crippen LogP contribution in [0, 0.1) is 6.92 Å². The van der Waals surface area contributed by atoms with Crippen LogP contribution in [0.4, 0.5) is 11.8 Å². The third-order valence-corrected chi connectivity index (χ3v) is 2.67. The van der Waals surface area contributed by atoms with Gasteiger partial charge in [-0.3, -0.25) is 0 Å². The van der Waals surface area contributed by atoms with E-state index in [2.05, 4.69) is 30.2 Å². The number of rotatable bonds is 3. The Morgan fingerprint density at radius 2 is 2.21 bits per heavy atom. The number of anilines is 2. The fourth-order valence-corrected chi connectivity index (χ4v) is 1.79. The van der Waals surface area contributed by atoms with Crippen molar-refractivity contribution in [3.05, 3.63) is 24.2 Å². The number of nitrogen functional groups attached to an aromatic ring is 1. The number of oxazole rings is 1. The van der Waals surface area contributed by atoms with Gasteiger partial charge in [0, 0.05) is 0 Å². The molecule has 0 saturated heterocycles. The molecule has 0 aliphatic rings. The van der Waals surface area contributed by atoms with Gasteiger partial charge in [0.25, 0.3) is 0 Å². The van der Waals surface area contributed by atoms with E-state index in [4.69, 9.17) is 10.2 Å². The van der Waals surface area contributed by atoms with E-state index in [-0.39, 0.29) is 12.0 Å². The molecular weight excluding hydrogens is 246 g/mol. The molecule has 3 heterocycles. The summed E-state index contributed by atoms with van der Waals surface area (Å²) < 4.78 is 5.47. The third kappa shape index (κ3) is 2.07. The molecule has 3 rings (SSSR count). The molecule has 0 spiro atoms. The second kappa shape index (κ2) is 4.23. The lowest BCUT2D eigenvalue weighted by atomic mass is 10.3. The Morgan fingerprint density at radius 3 is 2.95 bits per heavy atom. The average molecular weight is 259 g/mol. The van der Waals surface area contributed by atoms with Gasteiger partial charge >= 0.3 is 0 Å². The molecule has 0 aliphatic carbocycles. The van der Waals surface area contributed by atoms with Crippen LogP contribution in [0.5, 0.6) is 0 Å². The molecule has 1 atom stereocenters. The predicted molar refractivity (Wildman–Crippen MR) is 69.4 cm³/mol. The van der Waals surface area contributed by atoms with Crippen molar-refractivity contribution in [1.82, 2.24) is 24.9 Å². The third-order valence-electron chi connectivity index (χ3n) is 2.67. The maximum Gasteiger partial charge on any atom is 0.224 e. The summed E-state index contributed by atoms with van der Waals surface area (Å²) >= 11 is 0. The lowest BCUT2D eigenvalue weighted by molar-refractivity contribution is 0.453. The summed E-state index contributed by atoms with van der Waals surface area (Å²) in [4.78, 5) is 19.4. The van der Waals surface area contributed by atoms with Gasteiger partial charge in [-0.2, -0.15) is 9.97 Å². The number of imidazole rings is 1. The fraction of sp³-hybridized carbons (Fsp3) is 0.273. The number of aryl methyl sites for hydroxylation is 1. The summed E-state index contributed by atoms with van der Waals surface area (Å²) in [6.45, 7) is 3.77. The van der Waals surface area contributed by atoms with Crippen LogP contribution in [0.3, 0.4) is 0 Å². The lowest BCUT2D eigenvalue weighted by Crippen LogP contribution is -2.10. The quantitative estimate of drug-likeness (QED) is 0.650. The van der Waals surface area contributed by atoms with Gasteiger partial charge in [-0.15, -0.1) is 0 Å². The van der Waals surface area contributed by atoms with Crippen LogP contribution in [0.1, 0.15) is 24.6 Å². The number of aromatic amines is 1. The first-order chi connectivity index (χ1) is 9.13. The first kappa shape index (κ1) is 11.5. The molecular formula is C11H13N7O. The minimum Gasteiger partial charge on any atom is -0.444 e. The number of nitrogens with zero attached hydrogens (tertiary/aromatic N) is 4. The fourth-order valence-electron chi connectivity index (χ4n) is 1.79. The summed E-state index contributed by atoms with van der Waals surface area (Å²) in [6.07, 6.45) is 3.22. The van der Waals surface area contributed by atoms with Crippen molar-refractivity contribution >= 4 is 22.9 Å². The number of nitrogens with one attached hydrogen (secondary N) is 2. The zero-order chi connectivity index (χ0) is 13.4. The summed E-state index contributed by atoms with van der Waals surface area (Å²) in [5.74, 6) is 2.08. The predicted octanol–water partition coefficient (Wildman–Crippen LogP) is 1.40. The summed E-state index contributed by atoms with van der Waals surface area (Å²) in [5, 5.41) is 3.18. The largest absolute Gasteiger partial charge is 0.444 e. The van der Waals surface area contributed by atoms with E-state index < -0.39 is 0 Å². The van der Waals surface area contributed by atoms with E-state index in [0.29, 0.717) is 22.9 Å². The maximum atomic E-state index is 5.65. The molecule has 0 amide bonds. The second-order valence-corrected chi connectivity index (χ2v) is 4.21. The number of hydrogen-bond acceptors (Lipinski definition) is 7. The van der Waals surface area contributed by atoms with Gasteiger partial charge in [0.2, 0.25) is 11.8 Å². The molecule has 0 aliphatic heterocycles. The van der Waals surface area contributed by atoms with Gasteiger partial charge in [-0.25, -0.2) is 9.97 Å². The topological polar surface area (TPSA) is 119 Å². The number of fused-ring (bicyclic) bond motifs is 1. The van der Waals surface area contributed by atoms with Crippen molar-refractivity contribution in [2.24, 2.45) is 0 Å². The van der Waals surface area contributed by atoms with E-state index >= 15 is 0 Å². The minimum absolute atomic E-state index is 0.144. The number of H-pyrrole nitrogens is 1. The molecule has 0 aromatic carbocycles. The molecule has 8 nitrogen and oxygen atoms in total. The number of aromatic nitrogens is 5. The smallest absolute Gasteiger partial charge is 0.224 e. The van der Waals surface area contributed by atoms with Crippen LogP contribution >= 0.6 is 0 Å². The van der Waals surface area contributed by atoms with Gasteiger partial charge in [0.15, 0.2) is 11.5 Å². The van der Waals surface area contributed by atoms with Crippen molar-refractivity contribution in [3.8, 4) is 0 Å². The Morgan fingerprint density at radius 1 is 1.37 bits per heavy atom. The lowest BCUT2D eigenvalue weighted by Gasteiger charge is -2.11. The molecule has 1 unspecified atom stereocenters. The van der Waals surface area contributed by atoms with E-state index in [0.717, 1.165) is 5.76 Å². The highest BCUT2D eigenvalue weighted by Gasteiger charge is 2.15. The van der Waals surface area contributed by atoms with Gasteiger partial charge in [-0.05, 0) is 13.8 Å². The van der Waals surface area contributed by atoms with Crippen molar-refractivity contribution in [2.45, 2.75) is 19.9 Å². The molecule has 8 heteroatoms. The molecule has 3 aromatic heterocycles. The van der Waals surface area contributed by atoms with Crippen LogP contribution < -0.4 is 11.1 Å². The molecule has 0 saturated carbocycles. The van der Waals surface area contributed by atoms with Crippen LogP contribution in [0.25, 0.3) is 11.2 Å². The molecule has 98 valence electrons. The van der Waals surface area contributed by atoms with Crippen LogP contribution in [-0.4, -0.2) is 24.9 Å². The second-order valence-electron chi connectivity index (χ2n) is 4.21. The normalized spacial score (nSPS) is 12.7. The SMILES string of the molecule is Cc1cnc(C(C)Nc2nc(N)nc3nc[nH]c23)o1. The highest BCUT2D eigenvalue weighted by atomic mass is 16.4. The Bertz CT molecular complexity index is 717. The zero-order valence-corrected chi connectivity index (χ0v) is 10.5. The monoisotopic (exact) mass is 259 g/mol. The molecule has 19 heavy (non-hydrogen) atoms. The van der Waals surface area contributed by atoms with Crippen LogP contribution in [0.15, 0.2) is 16.9 Å². The van der Waals surface area contributed by atoms with Gasteiger partial charge in [0.1, 0.15) is 17.3 Å². The first-order valence-corrected chi connectivity index (χ1v) is 5.79. The molecule has 4 N–H and O–H groups in total. The Hall–Kier alpha value is -2.64. The Balaban J connectivity index is 1.94. The zero-order valence-electron chi connectivity index (χ0n) is 10.5. The molecule has 3 aromatic rings. The molecule has 0 bridgehead atoms. The molecule has 0 radical (unpaired) electrons. The summed E-state index contributed by atoms with van der Waals surface area (Å²) in [5.41, 5.74) is 6.86. The van der Waals surface area contributed by atoms with Crippen LogP contribution in [0.2, 0.25) is 0 Å². The van der Waals surface area contributed by atoms with Crippen LogP contribution in [-0.2, 0) is 0 Å². The van der Waals surface area contributed by atoms with Crippen molar-refractivity contribution in [3.63, 3.8) is 0 Å². The highest BCUT2D eigenvalue weighted by Crippen LogP contribution is 2.22. The minimum atomic E-state index is -0.144. The Labute approximate surface area is 108 Å². The van der Waals surface area contributed by atoms with Gasteiger partial charge in [0.05, 0.1) is 12.5 Å². The van der Waals surface area contributed by atoms with Crippen molar-refractivity contribution in [1.29, 1.82) is 0 Å². The van der Waals surface area contributed by atoms with Crippen molar-refractivity contribution in [2.75, 3.05) is 11.1 Å². The summed E-state index contributed by atoms with van der Waals surface area (Å²) in [7, 11) is 0.